The van der Waals surface area contributed by atoms with Gasteiger partial charge in [0.1, 0.15) is 5.82 Å². The lowest BCUT2D eigenvalue weighted by molar-refractivity contribution is -0.127. The summed E-state index contributed by atoms with van der Waals surface area (Å²) in [6, 6.07) is 18.6. The van der Waals surface area contributed by atoms with Crippen molar-refractivity contribution in [2.45, 2.75) is 4.90 Å². The first-order chi connectivity index (χ1) is 14.4. The number of nitrogens with zero attached hydrogens (tertiary/aromatic N) is 2. The maximum Gasteiger partial charge on any atom is 0.246 e. The Morgan fingerprint density at radius 2 is 1.53 bits per heavy atom. The first-order valence-corrected chi connectivity index (χ1v) is 11.1. The number of piperazine rings is 1. The SMILES string of the molecule is O=C(/C=C/c1ccc(F)cc1)N1CCN(S(=O)(=O)c2ccc3ccccc3c2)CC1. The summed E-state index contributed by atoms with van der Waals surface area (Å²) in [4.78, 5) is 14.3. The molecule has 0 N–H and O–H groups in total. The van der Waals surface area contributed by atoms with Crippen molar-refractivity contribution in [3.05, 3.63) is 84.2 Å². The van der Waals surface area contributed by atoms with Gasteiger partial charge in [0.2, 0.25) is 15.9 Å². The van der Waals surface area contributed by atoms with Gasteiger partial charge in [-0.15, -0.1) is 0 Å². The molecule has 0 aromatic heterocycles. The molecule has 1 heterocycles. The number of carbonyl (C=O) groups excluding carboxylic acids is 1. The monoisotopic (exact) mass is 424 g/mol. The van der Waals surface area contributed by atoms with E-state index >= 15 is 0 Å². The summed E-state index contributed by atoms with van der Waals surface area (Å²) in [7, 11) is -3.62. The maximum atomic E-state index is 13.0. The van der Waals surface area contributed by atoms with Crippen LogP contribution in [-0.4, -0.2) is 49.7 Å². The zero-order chi connectivity index (χ0) is 21.1. The molecule has 0 spiro atoms. The number of hydrogen-bond acceptors (Lipinski definition) is 3. The molecule has 0 aliphatic carbocycles. The molecule has 1 aliphatic heterocycles. The molecule has 154 valence electrons. The van der Waals surface area contributed by atoms with Gasteiger partial charge in [-0.25, -0.2) is 12.8 Å². The van der Waals surface area contributed by atoms with E-state index in [0.29, 0.717) is 13.1 Å². The highest BCUT2D eigenvalue weighted by Crippen LogP contribution is 2.23. The lowest BCUT2D eigenvalue weighted by Gasteiger charge is -2.33. The van der Waals surface area contributed by atoms with Gasteiger partial charge < -0.3 is 4.90 Å². The van der Waals surface area contributed by atoms with E-state index in [2.05, 4.69) is 0 Å². The van der Waals surface area contributed by atoms with Gasteiger partial charge >= 0.3 is 0 Å². The molecule has 3 aromatic rings. The third kappa shape index (κ3) is 4.27. The van der Waals surface area contributed by atoms with Crippen LogP contribution >= 0.6 is 0 Å². The molecule has 1 saturated heterocycles. The van der Waals surface area contributed by atoms with Crippen molar-refractivity contribution in [1.29, 1.82) is 0 Å². The quantitative estimate of drug-likeness (QED) is 0.602. The van der Waals surface area contributed by atoms with Crippen LogP contribution in [0, 0.1) is 5.82 Å². The molecular formula is C23H21FN2O3S. The van der Waals surface area contributed by atoms with Gasteiger partial charge in [0.25, 0.3) is 0 Å². The molecule has 0 bridgehead atoms. The standard InChI is InChI=1S/C23H21FN2O3S/c24-21-9-5-18(6-10-21)7-12-23(27)25-13-15-26(16-14-25)30(28,29)22-11-8-19-3-1-2-4-20(19)17-22/h1-12,17H,13-16H2/b12-7+. The number of benzene rings is 3. The summed E-state index contributed by atoms with van der Waals surface area (Å²) in [6.45, 7) is 1.12. The van der Waals surface area contributed by atoms with Crippen molar-refractivity contribution in [2.24, 2.45) is 0 Å². The largest absolute Gasteiger partial charge is 0.337 e. The van der Waals surface area contributed by atoms with Crippen LogP contribution < -0.4 is 0 Å². The number of halogens is 1. The van der Waals surface area contributed by atoms with Crippen LogP contribution in [0.5, 0.6) is 0 Å². The number of amides is 1. The van der Waals surface area contributed by atoms with Gasteiger partial charge in [0.15, 0.2) is 0 Å². The lowest BCUT2D eigenvalue weighted by Crippen LogP contribution is -2.50. The topological polar surface area (TPSA) is 57.7 Å². The van der Waals surface area contributed by atoms with Crippen LogP contribution in [0.4, 0.5) is 4.39 Å². The highest BCUT2D eigenvalue weighted by Gasteiger charge is 2.29. The Bertz CT molecular complexity index is 1200. The third-order valence-corrected chi connectivity index (χ3v) is 7.09. The number of carbonyl (C=O) groups is 1. The Balaban J connectivity index is 1.41. The van der Waals surface area contributed by atoms with Crippen LogP contribution in [0.15, 0.2) is 77.7 Å². The fourth-order valence-corrected chi connectivity index (χ4v) is 4.93. The molecular weight excluding hydrogens is 403 g/mol. The Labute approximate surface area is 175 Å². The van der Waals surface area contributed by atoms with Gasteiger partial charge in [-0.1, -0.05) is 42.5 Å². The van der Waals surface area contributed by atoms with E-state index in [4.69, 9.17) is 0 Å². The zero-order valence-corrected chi connectivity index (χ0v) is 17.1. The Morgan fingerprint density at radius 1 is 0.867 bits per heavy atom. The van der Waals surface area contributed by atoms with E-state index in [1.165, 1.54) is 22.5 Å². The Kier molecular flexibility index (Phi) is 5.65. The van der Waals surface area contributed by atoms with E-state index in [9.17, 15) is 17.6 Å². The van der Waals surface area contributed by atoms with Crippen LogP contribution in [0.25, 0.3) is 16.8 Å². The van der Waals surface area contributed by atoms with Crippen LogP contribution in [0.3, 0.4) is 0 Å². The highest BCUT2D eigenvalue weighted by molar-refractivity contribution is 7.89. The molecule has 0 radical (unpaired) electrons. The van der Waals surface area contributed by atoms with E-state index in [-0.39, 0.29) is 29.7 Å². The summed E-state index contributed by atoms with van der Waals surface area (Å²) in [5.41, 5.74) is 0.724. The van der Waals surface area contributed by atoms with Gasteiger partial charge in [-0.05, 0) is 46.7 Å². The minimum atomic E-state index is -3.62. The first kappa shape index (κ1) is 20.3. The van der Waals surface area contributed by atoms with Crippen molar-refractivity contribution >= 4 is 32.8 Å². The van der Waals surface area contributed by atoms with Crippen molar-refractivity contribution in [3.63, 3.8) is 0 Å². The molecule has 0 saturated carbocycles. The second kappa shape index (κ2) is 8.38. The van der Waals surface area contributed by atoms with Gasteiger partial charge in [0.05, 0.1) is 4.90 Å². The summed E-state index contributed by atoms with van der Waals surface area (Å²) < 4.78 is 40.4. The normalized spacial score (nSPS) is 15.7. The smallest absolute Gasteiger partial charge is 0.246 e. The van der Waals surface area contributed by atoms with Gasteiger partial charge in [0, 0.05) is 32.3 Å². The van der Waals surface area contributed by atoms with E-state index in [1.807, 2.05) is 30.3 Å². The molecule has 0 atom stereocenters. The first-order valence-electron chi connectivity index (χ1n) is 9.65. The van der Waals surface area contributed by atoms with Crippen molar-refractivity contribution < 1.29 is 17.6 Å². The van der Waals surface area contributed by atoms with Gasteiger partial charge in [-0.2, -0.15) is 4.31 Å². The molecule has 3 aromatic carbocycles. The van der Waals surface area contributed by atoms with Crippen molar-refractivity contribution in [3.8, 4) is 0 Å². The van der Waals surface area contributed by atoms with Crippen LogP contribution in [0.1, 0.15) is 5.56 Å². The predicted molar refractivity (Wildman–Crippen MR) is 115 cm³/mol. The molecule has 5 nitrogen and oxygen atoms in total. The maximum absolute atomic E-state index is 13.0. The second-order valence-corrected chi connectivity index (χ2v) is 9.06. The summed E-state index contributed by atoms with van der Waals surface area (Å²) in [5.74, 6) is -0.524. The average molecular weight is 424 g/mol. The lowest BCUT2D eigenvalue weighted by atomic mass is 10.1. The molecule has 0 unspecified atom stereocenters. The molecule has 7 heteroatoms. The van der Waals surface area contributed by atoms with Gasteiger partial charge in [-0.3, -0.25) is 4.79 Å². The Morgan fingerprint density at radius 3 is 2.23 bits per heavy atom. The van der Waals surface area contributed by atoms with Crippen molar-refractivity contribution in [2.75, 3.05) is 26.2 Å². The average Bonchev–Trinajstić information content (AvgIpc) is 2.78. The van der Waals surface area contributed by atoms with Crippen LogP contribution in [0.2, 0.25) is 0 Å². The fourth-order valence-electron chi connectivity index (χ4n) is 3.47. The minimum absolute atomic E-state index is 0.193. The molecule has 4 rings (SSSR count). The summed E-state index contributed by atoms with van der Waals surface area (Å²) in [6.07, 6.45) is 3.06. The second-order valence-electron chi connectivity index (χ2n) is 7.12. The van der Waals surface area contributed by atoms with Crippen LogP contribution in [-0.2, 0) is 14.8 Å². The molecule has 1 fully saturated rings. The molecule has 1 amide bonds. The zero-order valence-electron chi connectivity index (χ0n) is 16.2. The predicted octanol–water partition coefficient (Wildman–Crippen LogP) is 3.53. The fraction of sp³-hybridized carbons (Fsp3) is 0.174. The van der Waals surface area contributed by atoms with E-state index in [0.717, 1.165) is 16.3 Å². The number of rotatable bonds is 4. The third-order valence-electron chi connectivity index (χ3n) is 5.20. The summed E-state index contributed by atoms with van der Waals surface area (Å²) in [5, 5.41) is 1.86. The summed E-state index contributed by atoms with van der Waals surface area (Å²) >= 11 is 0. The van der Waals surface area contributed by atoms with E-state index < -0.39 is 10.0 Å². The minimum Gasteiger partial charge on any atom is -0.337 e. The highest BCUT2D eigenvalue weighted by atomic mass is 32.2. The number of hydrogen-bond donors (Lipinski definition) is 0. The number of fused-ring (bicyclic) bond motifs is 1. The molecule has 30 heavy (non-hydrogen) atoms. The Hall–Kier alpha value is -3.03. The number of sulfonamides is 1. The van der Waals surface area contributed by atoms with E-state index in [1.54, 1.807) is 35.2 Å². The van der Waals surface area contributed by atoms with Crippen molar-refractivity contribution in [1.82, 2.24) is 9.21 Å². The molecule has 1 aliphatic rings.